The van der Waals surface area contributed by atoms with Crippen molar-refractivity contribution in [2.24, 2.45) is 0 Å². The van der Waals surface area contributed by atoms with Gasteiger partial charge >= 0.3 is 0 Å². The van der Waals surface area contributed by atoms with Crippen molar-refractivity contribution in [3.8, 4) is 0 Å². The van der Waals surface area contributed by atoms with Gasteiger partial charge in [0.25, 0.3) is 0 Å². The molecular formula is C10H14N2O4S2. The van der Waals surface area contributed by atoms with Crippen molar-refractivity contribution in [2.75, 3.05) is 17.2 Å². The summed E-state index contributed by atoms with van der Waals surface area (Å²) >= 11 is 0. The standard InChI is InChI=1S/C10H14N2O4S2/c11-8-1-3-10(4-2-8)18(15,16)12-9-5-6-17(13,14)7-9/h1-4,9,12H,5-7,11H2/t9-/m0/s1. The highest BCUT2D eigenvalue weighted by molar-refractivity contribution is 7.92. The molecule has 1 saturated heterocycles. The fraction of sp³-hybridized carbons (Fsp3) is 0.400. The van der Waals surface area contributed by atoms with Crippen LogP contribution in [0.15, 0.2) is 29.2 Å². The van der Waals surface area contributed by atoms with E-state index in [4.69, 9.17) is 5.73 Å². The predicted octanol–water partition coefficient (Wildman–Crippen LogP) is -0.266. The SMILES string of the molecule is Nc1ccc(S(=O)(=O)N[C@H]2CCS(=O)(=O)C2)cc1. The summed E-state index contributed by atoms with van der Waals surface area (Å²) in [6.07, 6.45) is 0.316. The van der Waals surface area contributed by atoms with E-state index in [1.165, 1.54) is 24.3 Å². The Morgan fingerprint density at radius 2 is 1.83 bits per heavy atom. The van der Waals surface area contributed by atoms with Crippen LogP contribution in [0.2, 0.25) is 0 Å². The van der Waals surface area contributed by atoms with Crippen molar-refractivity contribution >= 4 is 25.5 Å². The van der Waals surface area contributed by atoms with Gasteiger partial charge in [0.05, 0.1) is 16.4 Å². The average molecular weight is 290 g/mol. The van der Waals surface area contributed by atoms with Crippen LogP contribution in [-0.4, -0.2) is 34.4 Å². The molecule has 0 aromatic heterocycles. The van der Waals surface area contributed by atoms with E-state index >= 15 is 0 Å². The van der Waals surface area contributed by atoms with E-state index in [1.54, 1.807) is 0 Å². The number of nitrogen functional groups attached to an aromatic ring is 1. The van der Waals surface area contributed by atoms with Gasteiger partial charge in [-0.15, -0.1) is 0 Å². The van der Waals surface area contributed by atoms with Crippen molar-refractivity contribution in [1.29, 1.82) is 0 Å². The lowest BCUT2D eigenvalue weighted by Crippen LogP contribution is -2.35. The molecule has 6 nitrogen and oxygen atoms in total. The summed E-state index contributed by atoms with van der Waals surface area (Å²) < 4.78 is 48.8. The second-order valence-electron chi connectivity index (χ2n) is 4.29. The van der Waals surface area contributed by atoms with Crippen molar-refractivity contribution in [3.05, 3.63) is 24.3 Å². The number of hydrogen-bond donors (Lipinski definition) is 2. The van der Waals surface area contributed by atoms with Gasteiger partial charge in [-0.3, -0.25) is 0 Å². The van der Waals surface area contributed by atoms with Gasteiger partial charge in [0.2, 0.25) is 10.0 Å². The maximum absolute atomic E-state index is 12.0. The molecule has 18 heavy (non-hydrogen) atoms. The number of sulfonamides is 1. The Hall–Kier alpha value is -1.12. The second-order valence-corrected chi connectivity index (χ2v) is 8.23. The summed E-state index contributed by atoms with van der Waals surface area (Å²) in [6, 6.07) is 5.21. The zero-order valence-corrected chi connectivity index (χ0v) is 11.2. The molecule has 0 aliphatic carbocycles. The van der Waals surface area contributed by atoms with Gasteiger partial charge in [-0.2, -0.15) is 0 Å². The number of anilines is 1. The Morgan fingerprint density at radius 3 is 2.33 bits per heavy atom. The van der Waals surface area contributed by atoms with Gasteiger partial charge in [-0.25, -0.2) is 21.6 Å². The van der Waals surface area contributed by atoms with Crippen LogP contribution in [-0.2, 0) is 19.9 Å². The zero-order valence-electron chi connectivity index (χ0n) is 9.53. The molecule has 1 aromatic carbocycles. The lowest BCUT2D eigenvalue weighted by atomic mass is 10.3. The Morgan fingerprint density at radius 1 is 1.22 bits per heavy atom. The van der Waals surface area contributed by atoms with Gasteiger partial charge in [0, 0.05) is 11.7 Å². The number of sulfone groups is 1. The maximum atomic E-state index is 12.0. The lowest BCUT2D eigenvalue weighted by molar-refractivity contribution is 0.562. The van der Waals surface area contributed by atoms with Crippen molar-refractivity contribution < 1.29 is 16.8 Å². The summed E-state index contributed by atoms with van der Waals surface area (Å²) in [5.41, 5.74) is 5.94. The highest BCUT2D eigenvalue weighted by Crippen LogP contribution is 2.16. The average Bonchev–Trinajstić information content (AvgIpc) is 2.57. The fourth-order valence-electron chi connectivity index (χ4n) is 1.82. The zero-order chi connectivity index (χ0) is 13.4. The summed E-state index contributed by atoms with van der Waals surface area (Å²) in [4.78, 5) is 0.0843. The molecule has 1 heterocycles. The highest BCUT2D eigenvalue weighted by atomic mass is 32.2. The molecule has 3 N–H and O–H groups in total. The molecule has 1 atom stereocenters. The minimum Gasteiger partial charge on any atom is -0.399 e. The summed E-state index contributed by atoms with van der Waals surface area (Å²) in [6.45, 7) is 0. The van der Waals surface area contributed by atoms with Crippen molar-refractivity contribution in [1.82, 2.24) is 4.72 Å². The first kappa shape index (κ1) is 13.3. The Kier molecular flexibility index (Phi) is 3.35. The number of benzene rings is 1. The lowest BCUT2D eigenvalue weighted by Gasteiger charge is -2.11. The third-order valence-electron chi connectivity index (χ3n) is 2.74. The van der Waals surface area contributed by atoms with Crippen LogP contribution in [0.4, 0.5) is 5.69 Å². The van der Waals surface area contributed by atoms with Crippen LogP contribution in [0.1, 0.15) is 6.42 Å². The highest BCUT2D eigenvalue weighted by Gasteiger charge is 2.31. The van der Waals surface area contributed by atoms with Gasteiger partial charge in [0.15, 0.2) is 9.84 Å². The van der Waals surface area contributed by atoms with Crippen molar-refractivity contribution in [2.45, 2.75) is 17.4 Å². The molecule has 2 rings (SSSR count). The van der Waals surface area contributed by atoms with Crippen molar-refractivity contribution in [3.63, 3.8) is 0 Å². The van der Waals surface area contributed by atoms with E-state index in [1.807, 2.05) is 0 Å². The van der Waals surface area contributed by atoms with Crippen LogP contribution in [0.25, 0.3) is 0 Å². The van der Waals surface area contributed by atoms with E-state index in [2.05, 4.69) is 4.72 Å². The molecule has 1 fully saturated rings. The number of hydrogen-bond acceptors (Lipinski definition) is 5. The number of nitrogens with one attached hydrogen (secondary N) is 1. The van der Waals surface area contributed by atoms with Crippen LogP contribution in [0.5, 0.6) is 0 Å². The fourth-order valence-corrected chi connectivity index (χ4v) is 4.87. The summed E-state index contributed by atoms with van der Waals surface area (Å²) in [5, 5.41) is 0. The molecule has 1 aliphatic rings. The summed E-state index contributed by atoms with van der Waals surface area (Å²) in [7, 11) is -6.78. The number of rotatable bonds is 3. The molecule has 1 aromatic rings. The quantitative estimate of drug-likeness (QED) is 0.746. The topological polar surface area (TPSA) is 106 Å². The minimum absolute atomic E-state index is 0.0297. The molecule has 0 saturated carbocycles. The number of nitrogens with two attached hydrogens (primary N) is 1. The first-order valence-corrected chi connectivity index (χ1v) is 8.67. The maximum Gasteiger partial charge on any atom is 0.240 e. The monoisotopic (exact) mass is 290 g/mol. The second kappa shape index (κ2) is 4.52. The molecule has 100 valence electrons. The largest absolute Gasteiger partial charge is 0.399 e. The smallest absolute Gasteiger partial charge is 0.240 e. The molecule has 8 heteroatoms. The van der Waals surface area contributed by atoms with Gasteiger partial charge in [-0.05, 0) is 30.7 Å². The molecule has 0 amide bonds. The van der Waals surface area contributed by atoms with Crippen LogP contribution >= 0.6 is 0 Å². The molecule has 0 spiro atoms. The van der Waals surface area contributed by atoms with Crippen LogP contribution < -0.4 is 10.5 Å². The third-order valence-corrected chi connectivity index (χ3v) is 6.05. The van der Waals surface area contributed by atoms with Gasteiger partial charge in [-0.1, -0.05) is 0 Å². The van der Waals surface area contributed by atoms with Gasteiger partial charge in [0.1, 0.15) is 0 Å². The molecule has 0 radical (unpaired) electrons. The van der Waals surface area contributed by atoms with E-state index in [0.717, 1.165) is 0 Å². The van der Waals surface area contributed by atoms with E-state index in [0.29, 0.717) is 12.1 Å². The molecule has 1 aliphatic heterocycles. The van der Waals surface area contributed by atoms with E-state index in [9.17, 15) is 16.8 Å². The Bertz CT molecular complexity index is 635. The Balaban J connectivity index is 2.16. The molecular weight excluding hydrogens is 276 g/mol. The normalized spacial score (nSPS) is 23.0. The first-order valence-electron chi connectivity index (χ1n) is 5.37. The van der Waals surface area contributed by atoms with Crippen LogP contribution in [0, 0.1) is 0 Å². The summed E-state index contributed by atoms with van der Waals surface area (Å²) in [5.74, 6) is -0.108. The van der Waals surface area contributed by atoms with E-state index < -0.39 is 25.9 Å². The third kappa shape index (κ3) is 3.01. The molecule has 0 bridgehead atoms. The molecule has 0 unspecified atom stereocenters. The van der Waals surface area contributed by atoms with Crippen LogP contribution in [0.3, 0.4) is 0 Å². The predicted molar refractivity (Wildman–Crippen MR) is 68.2 cm³/mol. The minimum atomic E-state index is -3.68. The first-order chi connectivity index (χ1) is 8.28. The van der Waals surface area contributed by atoms with E-state index in [-0.39, 0.29) is 16.4 Å². The van der Waals surface area contributed by atoms with Gasteiger partial charge < -0.3 is 5.73 Å². The Labute approximate surface area is 106 Å².